The lowest BCUT2D eigenvalue weighted by Crippen LogP contribution is -2.30. The molecular formula is C15H15N7OS. The fourth-order valence-corrected chi connectivity index (χ4v) is 2.40. The normalized spacial score (nSPS) is 10.2. The van der Waals surface area contributed by atoms with Crippen LogP contribution in [0.4, 0.5) is 22.5 Å². The van der Waals surface area contributed by atoms with E-state index in [2.05, 4.69) is 31.1 Å². The van der Waals surface area contributed by atoms with Crippen molar-refractivity contribution in [1.82, 2.24) is 20.4 Å². The number of aryl methyl sites for hydroxylation is 1. The number of benzene rings is 1. The van der Waals surface area contributed by atoms with Crippen LogP contribution in [0.5, 0.6) is 0 Å². The second-order valence-corrected chi connectivity index (χ2v) is 5.79. The van der Waals surface area contributed by atoms with E-state index in [1.807, 2.05) is 24.4 Å². The minimum atomic E-state index is -0.289. The molecule has 2 aromatic heterocycles. The molecule has 3 aromatic rings. The summed E-state index contributed by atoms with van der Waals surface area (Å²) < 4.78 is 0. The molecular weight excluding hydrogens is 326 g/mol. The molecule has 1 amide bonds. The molecule has 1 aromatic carbocycles. The van der Waals surface area contributed by atoms with Gasteiger partial charge in [-0.05, 0) is 19.1 Å². The Kier molecular flexibility index (Phi) is 4.52. The molecule has 24 heavy (non-hydrogen) atoms. The van der Waals surface area contributed by atoms with Crippen molar-refractivity contribution in [3.63, 3.8) is 0 Å². The Labute approximate surface area is 142 Å². The minimum absolute atomic E-state index is 0.275. The van der Waals surface area contributed by atoms with Gasteiger partial charge in [0.15, 0.2) is 16.8 Å². The molecule has 0 aliphatic carbocycles. The summed E-state index contributed by atoms with van der Waals surface area (Å²) in [6.07, 6.45) is 3.01. The number of carbonyl (C=O) groups excluding carboxylic acids is 1. The molecule has 0 radical (unpaired) electrons. The molecule has 0 fully saturated rings. The maximum atomic E-state index is 12.1. The summed E-state index contributed by atoms with van der Waals surface area (Å²) in [4.78, 5) is 24.3. The zero-order valence-electron chi connectivity index (χ0n) is 12.8. The lowest BCUT2D eigenvalue weighted by Gasteiger charge is -2.12. The number of hydrogen-bond acceptors (Lipinski definition) is 8. The largest absolute Gasteiger partial charge is 0.393 e. The Morgan fingerprint density at radius 3 is 2.58 bits per heavy atom. The first-order valence-corrected chi connectivity index (χ1v) is 7.91. The minimum Gasteiger partial charge on any atom is -0.393 e. The van der Waals surface area contributed by atoms with Crippen molar-refractivity contribution < 1.29 is 4.79 Å². The average molecular weight is 341 g/mol. The maximum absolute atomic E-state index is 12.1. The molecule has 8 nitrogen and oxygen atoms in total. The van der Waals surface area contributed by atoms with Gasteiger partial charge in [-0.2, -0.15) is 0 Å². The van der Waals surface area contributed by atoms with Crippen molar-refractivity contribution in [2.24, 2.45) is 0 Å². The highest BCUT2D eigenvalue weighted by molar-refractivity contribution is 7.13. The third-order valence-electron chi connectivity index (χ3n) is 3.15. The number of hydrogen-bond donors (Lipinski definition) is 4. The topological polar surface area (TPSA) is 118 Å². The van der Waals surface area contributed by atoms with Crippen molar-refractivity contribution >= 4 is 39.7 Å². The highest BCUT2D eigenvalue weighted by atomic mass is 32.1. The number of carbonyl (C=O) groups is 1. The van der Waals surface area contributed by atoms with E-state index in [4.69, 9.17) is 5.73 Å². The number of nitrogens with two attached hydrogens (primary N) is 1. The van der Waals surface area contributed by atoms with Gasteiger partial charge < -0.3 is 11.1 Å². The van der Waals surface area contributed by atoms with Gasteiger partial charge in [-0.15, -0.1) is 11.3 Å². The van der Waals surface area contributed by atoms with Crippen LogP contribution < -0.4 is 21.9 Å². The average Bonchev–Trinajstić information content (AvgIpc) is 3.09. The summed E-state index contributed by atoms with van der Waals surface area (Å²) in [5, 5.41) is 5.49. The SMILES string of the molecule is Cc1ccc(C(=O)NNc2ncnc(Nc3nccs3)c2N)cc1. The molecule has 9 heteroatoms. The van der Waals surface area contributed by atoms with E-state index in [0.717, 1.165) is 5.56 Å². The second-order valence-electron chi connectivity index (χ2n) is 4.89. The number of thiazole rings is 1. The predicted octanol–water partition coefficient (Wildman–Crippen LogP) is 2.32. The Morgan fingerprint density at radius 2 is 1.88 bits per heavy atom. The fraction of sp³-hybridized carbons (Fsp3) is 0.0667. The van der Waals surface area contributed by atoms with Gasteiger partial charge in [0.25, 0.3) is 5.91 Å². The third-order valence-corrected chi connectivity index (χ3v) is 3.84. The van der Waals surface area contributed by atoms with E-state index in [-0.39, 0.29) is 11.6 Å². The highest BCUT2D eigenvalue weighted by Crippen LogP contribution is 2.26. The van der Waals surface area contributed by atoms with Crippen molar-refractivity contribution in [2.45, 2.75) is 6.92 Å². The van der Waals surface area contributed by atoms with Crippen LogP contribution in [0.3, 0.4) is 0 Å². The molecule has 5 N–H and O–H groups in total. The van der Waals surface area contributed by atoms with Gasteiger partial charge in [0.05, 0.1) is 0 Å². The maximum Gasteiger partial charge on any atom is 0.269 e. The Balaban J connectivity index is 1.69. The van der Waals surface area contributed by atoms with E-state index < -0.39 is 0 Å². The van der Waals surface area contributed by atoms with Crippen LogP contribution in [0.2, 0.25) is 0 Å². The first-order chi connectivity index (χ1) is 11.6. The van der Waals surface area contributed by atoms with Gasteiger partial charge in [-0.3, -0.25) is 15.6 Å². The molecule has 0 bridgehead atoms. The Hall–Kier alpha value is -3.20. The molecule has 3 rings (SSSR count). The molecule has 122 valence electrons. The quantitative estimate of drug-likeness (QED) is 0.526. The van der Waals surface area contributed by atoms with Gasteiger partial charge in [-0.1, -0.05) is 17.7 Å². The summed E-state index contributed by atoms with van der Waals surface area (Å²) in [6, 6.07) is 7.21. The van der Waals surface area contributed by atoms with Gasteiger partial charge in [0.1, 0.15) is 12.0 Å². The number of anilines is 4. The number of nitrogens with zero attached hydrogens (tertiary/aromatic N) is 3. The fourth-order valence-electron chi connectivity index (χ4n) is 1.87. The highest BCUT2D eigenvalue weighted by Gasteiger charge is 2.11. The predicted molar refractivity (Wildman–Crippen MR) is 94.1 cm³/mol. The van der Waals surface area contributed by atoms with Crippen LogP contribution in [0.25, 0.3) is 0 Å². The van der Waals surface area contributed by atoms with E-state index in [0.29, 0.717) is 22.3 Å². The van der Waals surface area contributed by atoms with Gasteiger partial charge in [0, 0.05) is 17.1 Å². The molecule has 0 spiro atoms. The molecule has 0 unspecified atom stereocenters. The molecule has 0 aliphatic rings. The van der Waals surface area contributed by atoms with Crippen LogP contribution in [0.15, 0.2) is 42.2 Å². The van der Waals surface area contributed by atoms with Crippen molar-refractivity contribution in [3.8, 4) is 0 Å². The van der Waals surface area contributed by atoms with Gasteiger partial charge in [0.2, 0.25) is 0 Å². The first kappa shape index (κ1) is 15.7. The van der Waals surface area contributed by atoms with Gasteiger partial charge in [-0.25, -0.2) is 15.0 Å². The van der Waals surface area contributed by atoms with E-state index in [9.17, 15) is 4.79 Å². The zero-order valence-corrected chi connectivity index (χ0v) is 13.6. The molecule has 0 saturated heterocycles. The summed E-state index contributed by atoms with van der Waals surface area (Å²) in [7, 11) is 0. The van der Waals surface area contributed by atoms with Gasteiger partial charge >= 0.3 is 0 Å². The van der Waals surface area contributed by atoms with Crippen LogP contribution >= 0.6 is 11.3 Å². The van der Waals surface area contributed by atoms with Crippen LogP contribution in [0, 0.1) is 6.92 Å². The molecule has 0 aliphatic heterocycles. The van der Waals surface area contributed by atoms with Crippen molar-refractivity contribution in [3.05, 3.63) is 53.3 Å². The number of hydrazine groups is 1. The van der Waals surface area contributed by atoms with Crippen LogP contribution in [0.1, 0.15) is 15.9 Å². The third kappa shape index (κ3) is 3.58. The van der Waals surface area contributed by atoms with Crippen LogP contribution in [-0.4, -0.2) is 20.9 Å². The molecule has 0 atom stereocenters. The number of nitrogen functional groups attached to an aromatic ring is 1. The van der Waals surface area contributed by atoms with E-state index >= 15 is 0 Å². The van der Waals surface area contributed by atoms with Crippen molar-refractivity contribution in [2.75, 3.05) is 16.5 Å². The zero-order chi connectivity index (χ0) is 16.9. The van der Waals surface area contributed by atoms with E-state index in [1.165, 1.54) is 17.7 Å². The Bertz CT molecular complexity index is 834. The molecule has 0 saturated carbocycles. The van der Waals surface area contributed by atoms with Crippen molar-refractivity contribution in [1.29, 1.82) is 0 Å². The monoisotopic (exact) mass is 341 g/mol. The number of rotatable bonds is 5. The van der Waals surface area contributed by atoms with E-state index in [1.54, 1.807) is 18.3 Å². The first-order valence-electron chi connectivity index (χ1n) is 7.03. The lowest BCUT2D eigenvalue weighted by molar-refractivity contribution is 0.0962. The summed E-state index contributed by atoms with van der Waals surface area (Å²) in [5.74, 6) is 0.416. The molecule has 2 heterocycles. The summed E-state index contributed by atoms with van der Waals surface area (Å²) >= 11 is 1.42. The number of aromatic nitrogens is 3. The number of nitrogens with one attached hydrogen (secondary N) is 3. The Morgan fingerprint density at radius 1 is 1.12 bits per heavy atom. The smallest absolute Gasteiger partial charge is 0.269 e. The lowest BCUT2D eigenvalue weighted by atomic mass is 10.1. The van der Waals surface area contributed by atoms with Crippen LogP contribution in [-0.2, 0) is 0 Å². The number of amides is 1. The standard InChI is InChI=1S/C15H15N7OS/c1-9-2-4-10(5-3-9)14(23)22-21-13-11(16)12(18-8-19-13)20-15-17-6-7-24-15/h2-8H,16H2,1H3,(H,22,23)(H2,17,18,19,20,21). The summed E-state index contributed by atoms with van der Waals surface area (Å²) in [6.45, 7) is 1.96. The summed E-state index contributed by atoms with van der Waals surface area (Å²) in [5.41, 5.74) is 13.2. The second kappa shape index (κ2) is 6.92.